The van der Waals surface area contributed by atoms with Gasteiger partial charge in [-0.1, -0.05) is 26.8 Å². The summed E-state index contributed by atoms with van der Waals surface area (Å²) >= 11 is 0. The van der Waals surface area contributed by atoms with Crippen LogP contribution in [0.4, 0.5) is 0 Å². The van der Waals surface area contributed by atoms with E-state index in [1.54, 1.807) is 7.11 Å². The normalized spacial score (nSPS) is 12.4. The molecule has 0 bridgehead atoms. The van der Waals surface area contributed by atoms with Crippen LogP contribution in [0.2, 0.25) is 0 Å². The summed E-state index contributed by atoms with van der Waals surface area (Å²) in [4.78, 5) is 11.9. The standard InChI is InChI=1S/C16H24O3/c1-7-12(16(17)19-6)14-9-13(10(2)3)15(18-5)8-11(14)4/h8-10,12H,7H2,1-6H3. The van der Waals surface area contributed by atoms with Crippen LogP contribution in [0.25, 0.3) is 0 Å². The van der Waals surface area contributed by atoms with Crippen molar-refractivity contribution in [3.8, 4) is 5.75 Å². The first kappa shape index (κ1) is 15.5. The molecule has 1 rings (SSSR count). The average Bonchev–Trinajstić information content (AvgIpc) is 2.40. The minimum absolute atomic E-state index is 0.175. The smallest absolute Gasteiger partial charge is 0.313 e. The zero-order valence-corrected chi connectivity index (χ0v) is 12.7. The molecule has 0 N–H and O–H groups in total. The lowest BCUT2D eigenvalue weighted by molar-refractivity contribution is -0.142. The molecule has 1 aromatic carbocycles. The highest BCUT2D eigenvalue weighted by atomic mass is 16.5. The number of rotatable bonds is 5. The Morgan fingerprint density at radius 2 is 1.84 bits per heavy atom. The van der Waals surface area contributed by atoms with Gasteiger partial charge in [-0.2, -0.15) is 0 Å². The Morgan fingerprint density at radius 3 is 2.26 bits per heavy atom. The molecule has 3 nitrogen and oxygen atoms in total. The SMILES string of the molecule is CCC(C(=O)OC)c1cc(C(C)C)c(OC)cc1C. The second-order valence-electron chi connectivity index (χ2n) is 5.09. The Bertz CT molecular complexity index is 450. The number of ether oxygens (including phenoxy) is 2. The van der Waals surface area contributed by atoms with Gasteiger partial charge in [0.25, 0.3) is 0 Å². The van der Waals surface area contributed by atoms with E-state index < -0.39 is 0 Å². The first-order valence-electron chi connectivity index (χ1n) is 6.72. The number of carbonyl (C=O) groups is 1. The van der Waals surface area contributed by atoms with Gasteiger partial charge in [0, 0.05) is 0 Å². The molecule has 0 aliphatic rings. The van der Waals surface area contributed by atoms with Gasteiger partial charge >= 0.3 is 5.97 Å². The molecule has 106 valence electrons. The van der Waals surface area contributed by atoms with Crippen LogP contribution >= 0.6 is 0 Å². The van der Waals surface area contributed by atoms with Gasteiger partial charge in [-0.05, 0) is 42.0 Å². The third-order valence-electron chi connectivity index (χ3n) is 3.51. The molecule has 0 aliphatic carbocycles. The maximum absolute atomic E-state index is 11.9. The van der Waals surface area contributed by atoms with E-state index in [2.05, 4.69) is 19.9 Å². The lowest BCUT2D eigenvalue weighted by Gasteiger charge is -2.20. The predicted octanol–water partition coefficient (Wildman–Crippen LogP) is 3.79. The fraction of sp³-hybridized carbons (Fsp3) is 0.562. The number of hydrogen-bond acceptors (Lipinski definition) is 3. The molecule has 0 radical (unpaired) electrons. The molecule has 0 aliphatic heterocycles. The van der Waals surface area contributed by atoms with Crippen LogP contribution in [0.5, 0.6) is 5.75 Å². The van der Waals surface area contributed by atoms with Crippen molar-refractivity contribution in [2.24, 2.45) is 0 Å². The first-order valence-corrected chi connectivity index (χ1v) is 6.72. The van der Waals surface area contributed by atoms with Crippen LogP contribution in [0.3, 0.4) is 0 Å². The van der Waals surface area contributed by atoms with Crippen molar-refractivity contribution in [2.45, 2.75) is 46.0 Å². The molecule has 0 saturated heterocycles. The second kappa shape index (κ2) is 6.60. The monoisotopic (exact) mass is 264 g/mol. The Morgan fingerprint density at radius 1 is 1.21 bits per heavy atom. The van der Waals surface area contributed by atoms with Crippen molar-refractivity contribution in [1.29, 1.82) is 0 Å². The molecule has 3 heteroatoms. The van der Waals surface area contributed by atoms with E-state index in [0.717, 1.165) is 28.9 Å². The summed E-state index contributed by atoms with van der Waals surface area (Å²) < 4.78 is 10.3. The van der Waals surface area contributed by atoms with Gasteiger partial charge in [-0.25, -0.2) is 0 Å². The molecule has 0 spiro atoms. The van der Waals surface area contributed by atoms with E-state index in [9.17, 15) is 4.79 Å². The molecule has 0 saturated carbocycles. The summed E-state index contributed by atoms with van der Waals surface area (Å²) in [6.07, 6.45) is 0.734. The first-order chi connectivity index (χ1) is 8.96. The molecule has 0 amide bonds. The van der Waals surface area contributed by atoms with Crippen molar-refractivity contribution in [1.82, 2.24) is 0 Å². The molecular weight excluding hydrogens is 240 g/mol. The van der Waals surface area contributed by atoms with Gasteiger partial charge < -0.3 is 9.47 Å². The van der Waals surface area contributed by atoms with Crippen LogP contribution in [0.15, 0.2) is 12.1 Å². The summed E-state index contributed by atoms with van der Waals surface area (Å²) in [5.74, 6) is 0.860. The quantitative estimate of drug-likeness (QED) is 0.759. The van der Waals surface area contributed by atoms with E-state index in [1.165, 1.54) is 7.11 Å². The molecule has 1 atom stereocenters. The van der Waals surface area contributed by atoms with Crippen LogP contribution in [0.1, 0.15) is 55.7 Å². The average molecular weight is 264 g/mol. The Labute approximate surface area is 115 Å². The zero-order chi connectivity index (χ0) is 14.6. The number of aryl methyl sites for hydroxylation is 1. The van der Waals surface area contributed by atoms with E-state index in [1.807, 2.05) is 19.9 Å². The highest BCUT2D eigenvalue weighted by molar-refractivity contribution is 5.78. The second-order valence-corrected chi connectivity index (χ2v) is 5.09. The molecular formula is C16H24O3. The van der Waals surface area contributed by atoms with Gasteiger partial charge in [0.15, 0.2) is 0 Å². The maximum Gasteiger partial charge on any atom is 0.313 e. The van der Waals surface area contributed by atoms with Crippen LogP contribution in [-0.4, -0.2) is 20.2 Å². The number of benzene rings is 1. The third-order valence-corrected chi connectivity index (χ3v) is 3.51. The topological polar surface area (TPSA) is 35.5 Å². The van der Waals surface area contributed by atoms with Crippen LogP contribution in [-0.2, 0) is 9.53 Å². The molecule has 0 heterocycles. The van der Waals surface area contributed by atoms with E-state index in [-0.39, 0.29) is 11.9 Å². The minimum atomic E-state index is -0.201. The van der Waals surface area contributed by atoms with E-state index >= 15 is 0 Å². The number of methoxy groups -OCH3 is 2. The highest BCUT2D eigenvalue weighted by Gasteiger charge is 2.23. The number of carbonyl (C=O) groups excluding carboxylic acids is 1. The van der Waals surface area contributed by atoms with Crippen LogP contribution in [0, 0.1) is 6.92 Å². The Hall–Kier alpha value is -1.51. The largest absolute Gasteiger partial charge is 0.496 e. The zero-order valence-electron chi connectivity index (χ0n) is 12.7. The van der Waals surface area contributed by atoms with E-state index in [4.69, 9.17) is 9.47 Å². The van der Waals surface area contributed by atoms with Crippen molar-refractivity contribution in [3.63, 3.8) is 0 Å². The van der Waals surface area contributed by atoms with Crippen molar-refractivity contribution in [2.75, 3.05) is 14.2 Å². The van der Waals surface area contributed by atoms with Crippen molar-refractivity contribution in [3.05, 3.63) is 28.8 Å². The predicted molar refractivity (Wildman–Crippen MR) is 76.9 cm³/mol. The third kappa shape index (κ3) is 3.28. The summed E-state index contributed by atoms with van der Waals surface area (Å²) in [6.45, 7) is 8.25. The summed E-state index contributed by atoms with van der Waals surface area (Å²) in [5, 5.41) is 0. The summed E-state index contributed by atoms with van der Waals surface area (Å²) in [5.41, 5.74) is 3.24. The minimum Gasteiger partial charge on any atom is -0.496 e. The number of hydrogen-bond donors (Lipinski definition) is 0. The summed E-state index contributed by atoms with van der Waals surface area (Å²) in [7, 11) is 3.12. The van der Waals surface area contributed by atoms with Gasteiger partial charge in [0.2, 0.25) is 0 Å². The van der Waals surface area contributed by atoms with Gasteiger partial charge in [-0.3, -0.25) is 4.79 Å². The molecule has 1 aromatic rings. The van der Waals surface area contributed by atoms with Crippen molar-refractivity contribution < 1.29 is 14.3 Å². The molecule has 1 unspecified atom stereocenters. The summed E-state index contributed by atoms with van der Waals surface area (Å²) in [6, 6.07) is 4.10. The number of esters is 1. The highest BCUT2D eigenvalue weighted by Crippen LogP contribution is 2.34. The fourth-order valence-electron chi connectivity index (χ4n) is 2.37. The van der Waals surface area contributed by atoms with Crippen LogP contribution < -0.4 is 4.74 Å². The molecule has 0 fully saturated rings. The fourth-order valence-corrected chi connectivity index (χ4v) is 2.37. The lowest BCUT2D eigenvalue weighted by atomic mass is 9.88. The lowest BCUT2D eigenvalue weighted by Crippen LogP contribution is -2.15. The van der Waals surface area contributed by atoms with Crippen molar-refractivity contribution >= 4 is 5.97 Å². The molecule has 19 heavy (non-hydrogen) atoms. The van der Waals surface area contributed by atoms with Gasteiger partial charge in [-0.15, -0.1) is 0 Å². The maximum atomic E-state index is 11.9. The van der Waals surface area contributed by atoms with E-state index in [0.29, 0.717) is 5.92 Å². The van der Waals surface area contributed by atoms with Gasteiger partial charge in [0.05, 0.1) is 20.1 Å². The Balaban J connectivity index is 3.34. The molecule has 0 aromatic heterocycles. The van der Waals surface area contributed by atoms with Gasteiger partial charge in [0.1, 0.15) is 5.75 Å². The Kier molecular flexibility index (Phi) is 5.40.